The zero-order valence-electron chi connectivity index (χ0n) is 14.6. The van der Waals surface area contributed by atoms with Gasteiger partial charge in [-0.1, -0.05) is 30.3 Å². The fraction of sp³-hybridized carbons (Fsp3) is 0.333. The van der Waals surface area contributed by atoms with Crippen molar-refractivity contribution in [2.24, 2.45) is 0 Å². The van der Waals surface area contributed by atoms with Crippen LogP contribution in [0.4, 0.5) is 5.69 Å². The van der Waals surface area contributed by atoms with Gasteiger partial charge in [0.2, 0.25) is 11.5 Å². The van der Waals surface area contributed by atoms with Crippen molar-refractivity contribution < 1.29 is 9.21 Å². The lowest BCUT2D eigenvalue weighted by atomic mass is 10.00. The molecule has 1 aliphatic carbocycles. The number of anilines is 1. The Balaban J connectivity index is 1.71. The van der Waals surface area contributed by atoms with Crippen molar-refractivity contribution in [2.75, 3.05) is 18.8 Å². The molecule has 1 saturated heterocycles. The van der Waals surface area contributed by atoms with E-state index in [9.17, 15) is 4.79 Å². The number of pyridine rings is 1. The Morgan fingerprint density at radius 1 is 1.04 bits per heavy atom. The number of nitrogens with two attached hydrogens (primary N) is 1. The lowest BCUT2D eigenvalue weighted by molar-refractivity contribution is 0.0764. The molecule has 1 amide bonds. The van der Waals surface area contributed by atoms with E-state index in [2.05, 4.69) is 12.1 Å². The Hall–Kier alpha value is -2.82. The van der Waals surface area contributed by atoms with Crippen molar-refractivity contribution in [3.8, 4) is 11.3 Å². The molecule has 5 heteroatoms. The minimum Gasteiger partial charge on any atom is -0.430 e. The minimum absolute atomic E-state index is 0.106. The first kappa shape index (κ1) is 15.4. The number of furan rings is 1. The molecule has 0 spiro atoms. The summed E-state index contributed by atoms with van der Waals surface area (Å²) in [6, 6.07) is 10.2. The van der Waals surface area contributed by atoms with Crippen molar-refractivity contribution in [1.29, 1.82) is 0 Å². The number of benzene rings is 1. The molecule has 0 atom stereocenters. The second-order valence-corrected chi connectivity index (χ2v) is 7.16. The number of carbonyl (C=O) groups is 1. The van der Waals surface area contributed by atoms with Crippen LogP contribution in [0, 0.1) is 0 Å². The number of fused-ring (bicyclic) bond motifs is 3. The Morgan fingerprint density at radius 2 is 1.77 bits per heavy atom. The molecule has 2 aliphatic rings. The molecule has 1 aromatic carbocycles. The maximum Gasteiger partial charge on any atom is 0.291 e. The van der Waals surface area contributed by atoms with Crippen LogP contribution in [0.3, 0.4) is 0 Å². The van der Waals surface area contributed by atoms with Gasteiger partial charge in [0.05, 0.1) is 16.8 Å². The van der Waals surface area contributed by atoms with Crippen molar-refractivity contribution in [1.82, 2.24) is 9.88 Å². The summed E-state index contributed by atoms with van der Waals surface area (Å²) in [5.74, 6) is 0.153. The van der Waals surface area contributed by atoms with E-state index in [4.69, 9.17) is 15.1 Å². The van der Waals surface area contributed by atoms with E-state index in [1.54, 1.807) is 0 Å². The van der Waals surface area contributed by atoms with Crippen LogP contribution in [-0.4, -0.2) is 28.9 Å². The molecule has 0 unspecified atom stereocenters. The van der Waals surface area contributed by atoms with Gasteiger partial charge >= 0.3 is 0 Å². The third-order valence-corrected chi connectivity index (χ3v) is 5.58. The second-order valence-electron chi connectivity index (χ2n) is 7.16. The SMILES string of the molecule is Nc1c(C(=O)N2CCCC2)oc2nc(-c3ccccc3)c3c(c12)CCC3. The molecule has 3 aromatic rings. The average molecular weight is 347 g/mol. The molecule has 26 heavy (non-hydrogen) atoms. The van der Waals surface area contributed by atoms with E-state index in [1.165, 1.54) is 11.1 Å². The van der Waals surface area contributed by atoms with E-state index >= 15 is 0 Å². The lowest BCUT2D eigenvalue weighted by Gasteiger charge is -2.13. The highest BCUT2D eigenvalue weighted by molar-refractivity contribution is 6.06. The van der Waals surface area contributed by atoms with Crippen molar-refractivity contribution in [3.05, 3.63) is 47.2 Å². The first-order valence-corrected chi connectivity index (χ1v) is 9.32. The zero-order valence-corrected chi connectivity index (χ0v) is 14.6. The van der Waals surface area contributed by atoms with Crippen LogP contribution in [0.15, 0.2) is 34.7 Å². The molecule has 5 rings (SSSR count). The first-order chi connectivity index (χ1) is 12.7. The van der Waals surface area contributed by atoms with E-state index in [-0.39, 0.29) is 11.7 Å². The average Bonchev–Trinajstić information content (AvgIpc) is 3.41. The van der Waals surface area contributed by atoms with Crippen LogP contribution in [0.1, 0.15) is 40.9 Å². The second kappa shape index (κ2) is 5.87. The maximum atomic E-state index is 12.8. The van der Waals surface area contributed by atoms with Crippen LogP contribution >= 0.6 is 0 Å². The molecule has 1 fully saturated rings. The predicted octanol–water partition coefficient (Wildman–Crippen LogP) is 3.80. The summed E-state index contributed by atoms with van der Waals surface area (Å²) in [4.78, 5) is 19.4. The number of likely N-dealkylation sites (tertiary alicyclic amines) is 1. The molecule has 2 aromatic heterocycles. The van der Waals surface area contributed by atoms with E-state index < -0.39 is 0 Å². The van der Waals surface area contributed by atoms with Crippen molar-refractivity contribution >= 4 is 22.7 Å². The fourth-order valence-corrected chi connectivity index (χ4v) is 4.31. The third kappa shape index (κ3) is 2.23. The number of hydrogen-bond donors (Lipinski definition) is 1. The quantitative estimate of drug-likeness (QED) is 0.765. The molecule has 2 N–H and O–H groups in total. The number of aromatic nitrogens is 1. The fourth-order valence-electron chi connectivity index (χ4n) is 4.31. The Bertz CT molecular complexity index is 1000. The van der Waals surface area contributed by atoms with Gasteiger partial charge in [0, 0.05) is 18.7 Å². The Morgan fingerprint density at radius 3 is 2.54 bits per heavy atom. The van der Waals surface area contributed by atoms with Gasteiger partial charge in [-0.15, -0.1) is 0 Å². The summed E-state index contributed by atoms with van der Waals surface area (Å²) in [7, 11) is 0. The van der Waals surface area contributed by atoms with Crippen molar-refractivity contribution in [2.45, 2.75) is 32.1 Å². The predicted molar refractivity (Wildman–Crippen MR) is 101 cm³/mol. The minimum atomic E-state index is -0.106. The van der Waals surface area contributed by atoms with Gasteiger partial charge in [-0.2, -0.15) is 0 Å². The molecule has 3 heterocycles. The number of aryl methyl sites for hydroxylation is 1. The van der Waals surface area contributed by atoms with Crippen LogP contribution < -0.4 is 5.73 Å². The maximum absolute atomic E-state index is 12.8. The number of nitrogens with zero attached hydrogens (tertiary/aromatic N) is 2. The number of hydrogen-bond acceptors (Lipinski definition) is 4. The van der Waals surface area contributed by atoms with Gasteiger partial charge in [0.1, 0.15) is 0 Å². The van der Waals surface area contributed by atoms with Gasteiger partial charge < -0.3 is 15.1 Å². The number of rotatable bonds is 2. The van der Waals surface area contributed by atoms with Gasteiger partial charge in [-0.25, -0.2) is 4.98 Å². The highest BCUT2D eigenvalue weighted by Gasteiger charge is 2.30. The summed E-state index contributed by atoms with van der Waals surface area (Å²) in [5.41, 5.74) is 11.8. The molecule has 0 saturated carbocycles. The van der Waals surface area contributed by atoms with Crippen molar-refractivity contribution in [3.63, 3.8) is 0 Å². The summed E-state index contributed by atoms with van der Waals surface area (Å²) >= 11 is 0. The highest BCUT2D eigenvalue weighted by atomic mass is 16.4. The van der Waals surface area contributed by atoms with Gasteiger partial charge in [0.15, 0.2) is 0 Å². The van der Waals surface area contributed by atoms with Crippen LogP contribution in [0.25, 0.3) is 22.4 Å². The molecule has 0 radical (unpaired) electrons. The number of amides is 1. The van der Waals surface area contributed by atoms with E-state index in [1.807, 2.05) is 23.1 Å². The van der Waals surface area contributed by atoms with Gasteiger partial charge in [-0.05, 0) is 43.2 Å². The van der Waals surface area contributed by atoms with Crippen LogP contribution in [0.5, 0.6) is 0 Å². The van der Waals surface area contributed by atoms with Crippen LogP contribution in [0.2, 0.25) is 0 Å². The molecule has 0 bridgehead atoms. The number of nitrogen functional groups attached to an aromatic ring is 1. The molecule has 132 valence electrons. The van der Waals surface area contributed by atoms with Gasteiger partial charge in [0.25, 0.3) is 5.91 Å². The van der Waals surface area contributed by atoms with Gasteiger partial charge in [-0.3, -0.25) is 4.79 Å². The summed E-state index contributed by atoms with van der Waals surface area (Å²) in [5, 5.41) is 0.847. The van der Waals surface area contributed by atoms with E-state index in [0.29, 0.717) is 11.4 Å². The zero-order chi connectivity index (χ0) is 17.7. The molecular formula is C21H21N3O2. The molecule has 5 nitrogen and oxygen atoms in total. The monoisotopic (exact) mass is 347 g/mol. The summed E-state index contributed by atoms with van der Waals surface area (Å²) in [6.45, 7) is 1.55. The Labute approximate surface area is 151 Å². The standard InChI is InChI=1S/C21H21N3O2/c22-17-16-14-9-6-10-15(14)18(13-7-2-1-3-8-13)23-20(16)26-19(17)21(25)24-11-4-5-12-24/h1-3,7-8H,4-6,9-12,22H2. The van der Waals surface area contributed by atoms with Crippen LogP contribution in [-0.2, 0) is 12.8 Å². The first-order valence-electron chi connectivity index (χ1n) is 9.32. The summed E-state index contributed by atoms with van der Waals surface area (Å²) in [6.07, 6.45) is 5.10. The normalized spacial score (nSPS) is 16.4. The molecular weight excluding hydrogens is 326 g/mol. The van der Waals surface area contributed by atoms with E-state index in [0.717, 1.165) is 61.8 Å². The smallest absolute Gasteiger partial charge is 0.291 e. The summed E-state index contributed by atoms with van der Waals surface area (Å²) < 4.78 is 5.93. The largest absolute Gasteiger partial charge is 0.430 e. The number of carbonyl (C=O) groups excluding carboxylic acids is 1. The topological polar surface area (TPSA) is 72.4 Å². The lowest BCUT2D eigenvalue weighted by Crippen LogP contribution is -2.27. The Kier molecular flexibility index (Phi) is 3.48. The molecule has 1 aliphatic heterocycles. The highest BCUT2D eigenvalue weighted by Crippen LogP contribution is 2.40. The third-order valence-electron chi connectivity index (χ3n) is 5.58.